The van der Waals surface area contributed by atoms with Crippen molar-refractivity contribution in [1.29, 1.82) is 0 Å². The fraction of sp³-hybridized carbons (Fsp3) is 0.208. The van der Waals surface area contributed by atoms with Crippen molar-refractivity contribution in [3.63, 3.8) is 0 Å². The maximum Gasteiger partial charge on any atom is 0.269 e. The lowest BCUT2D eigenvalue weighted by molar-refractivity contribution is 0.198. The molecule has 6 nitrogen and oxygen atoms in total. The number of rotatable bonds is 7. The molecule has 3 aromatic carbocycles. The van der Waals surface area contributed by atoms with Crippen LogP contribution in [0.25, 0.3) is 22.2 Å². The Labute approximate surface area is 188 Å². The van der Waals surface area contributed by atoms with Gasteiger partial charge in [0.15, 0.2) is 0 Å². The van der Waals surface area contributed by atoms with E-state index in [1.165, 1.54) is 17.5 Å². The highest BCUT2D eigenvalue weighted by atomic mass is 32.2. The van der Waals surface area contributed by atoms with Gasteiger partial charge >= 0.3 is 0 Å². The van der Waals surface area contributed by atoms with Gasteiger partial charge in [-0.05, 0) is 47.9 Å². The van der Waals surface area contributed by atoms with Gasteiger partial charge in [-0.3, -0.25) is 5.43 Å². The summed E-state index contributed by atoms with van der Waals surface area (Å²) in [7, 11) is 0. The fourth-order valence-corrected chi connectivity index (χ4v) is 4.36. The maximum absolute atomic E-state index is 13.0. The number of halogens is 1. The van der Waals surface area contributed by atoms with E-state index in [1.54, 1.807) is 23.9 Å². The summed E-state index contributed by atoms with van der Waals surface area (Å²) in [4.78, 5) is 4.39. The van der Waals surface area contributed by atoms with E-state index in [0.29, 0.717) is 23.4 Å². The molecule has 0 bridgehead atoms. The highest BCUT2D eigenvalue weighted by Gasteiger charge is 2.23. The first-order valence-corrected chi connectivity index (χ1v) is 11.4. The number of thioether (sulfide) groups is 1. The molecule has 8 heteroatoms. The molecule has 0 saturated heterocycles. The zero-order valence-corrected chi connectivity index (χ0v) is 18.0. The minimum Gasteiger partial charge on any atom is -0.442 e. The van der Waals surface area contributed by atoms with E-state index in [9.17, 15) is 4.39 Å². The summed E-state index contributed by atoms with van der Waals surface area (Å²) in [5, 5.41) is 11.3. The third-order valence-electron chi connectivity index (χ3n) is 5.18. The molecule has 0 amide bonds. The molecule has 1 aliphatic heterocycles. The maximum atomic E-state index is 13.0. The molecule has 32 heavy (non-hydrogen) atoms. The highest BCUT2D eigenvalue weighted by molar-refractivity contribution is 8.13. The van der Waals surface area contributed by atoms with Gasteiger partial charge in [-0.2, -0.15) is 4.98 Å². The van der Waals surface area contributed by atoms with Crippen LogP contribution in [0.15, 0.2) is 76.4 Å². The summed E-state index contributed by atoms with van der Waals surface area (Å²) < 4.78 is 24.4. The number of ether oxygens (including phenoxy) is 1. The Morgan fingerprint density at radius 2 is 1.81 bits per heavy atom. The molecule has 1 unspecified atom stereocenters. The molecule has 4 aromatic rings. The van der Waals surface area contributed by atoms with E-state index in [-0.39, 0.29) is 12.0 Å². The lowest BCUT2D eigenvalue weighted by atomic mass is 10.0. The van der Waals surface area contributed by atoms with Crippen molar-refractivity contribution in [2.75, 3.05) is 5.75 Å². The summed E-state index contributed by atoms with van der Waals surface area (Å²) in [6, 6.07) is 20.5. The Morgan fingerprint density at radius 1 is 0.969 bits per heavy atom. The molecule has 0 radical (unpaired) electrons. The Morgan fingerprint density at radius 3 is 2.72 bits per heavy atom. The molecule has 1 atom stereocenters. The monoisotopic (exact) mass is 448 g/mol. The van der Waals surface area contributed by atoms with Crippen molar-refractivity contribution >= 4 is 27.8 Å². The highest BCUT2D eigenvalue weighted by Crippen LogP contribution is 2.29. The third kappa shape index (κ3) is 4.60. The van der Waals surface area contributed by atoms with E-state index < -0.39 is 0 Å². The molecule has 2 heterocycles. The quantitative estimate of drug-likeness (QED) is 0.367. The Bertz CT molecular complexity index is 1240. The van der Waals surface area contributed by atoms with Crippen LogP contribution in [0.1, 0.15) is 30.5 Å². The number of nitrogens with zero attached hydrogens (tertiary/aromatic N) is 3. The first kappa shape index (κ1) is 20.5. The minimum atomic E-state index is -0.288. The number of aromatic nitrogens is 2. The number of aryl methyl sites for hydroxylation is 1. The van der Waals surface area contributed by atoms with Crippen molar-refractivity contribution in [2.24, 2.45) is 5.10 Å². The second-order valence-electron chi connectivity index (χ2n) is 7.40. The van der Waals surface area contributed by atoms with E-state index in [2.05, 4.69) is 44.9 Å². The van der Waals surface area contributed by atoms with Crippen LogP contribution in [0.5, 0.6) is 0 Å². The normalized spacial score (nSPS) is 15.4. The fourth-order valence-electron chi connectivity index (χ4n) is 3.55. The summed E-state index contributed by atoms with van der Waals surface area (Å²) in [5.74, 6) is 1.65. The molecule has 0 saturated carbocycles. The van der Waals surface area contributed by atoms with Crippen molar-refractivity contribution in [3.05, 3.63) is 84.0 Å². The van der Waals surface area contributed by atoms with Crippen molar-refractivity contribution in [2.45, 2.75) is 25.5 Å². The van der Waals surface area contributed by atoms with Crippen LogP contribution < -0.4 is 5.43 Å². The van der Waals surface area contributed by atoms with Gasteiger partial charge < -0.3 is 9.26 Å². The average Bonchev–Trinajstić information content (AvgIpc) is 3.49. The smallest absolute Gasteiger partial charge is 0.269 e. The van der Waals surface area contributed by atoms with Crippen LogP contribution in [-0.4, -0.2) is 21.1 Å². The van der Waals surface area contributed by atoms with Crippen LogP contribution in [0, 0.1) is 5.82 Å². The predicted molar refractivity (Wildman–Crippen MR) is 123 cm³/mol. The minimum absolute atomic E-state index is 0.271. The molecule has 0 fully saturated rings. The molecule has 5 rings (SSSR count). The number of unbranched alkanes of at least 4 members (excludes halogenated alkanes) is 1. The number of fused-ring (bicyclic) bond motifs is 1. The van der Waals surface area contributed by atoms with E-state index in [0.717, 1.165) is 35.1 Å². The van der Waals surface area contributed by atoms with Crippen LogP contribution in [-0.2, 0) is 11.2 Å². The van der Waals surface area contributed by atoms with Crippen LogP contribution >= 0.6 is 11.8 Å². The van der Waals surface area contributed by atoms with Crippen LogP contribution in [0.4, 0.5) is 4.39 Å². The second kappa shape index (κ2) is 9.40. The number of hydrazone groups is 1. The van der Waals surface area contributed by atoms with Gasteiger partial charge in [-0.15, -0.1) is 5.10 Å². The second-order valence-corrected chi connectivity index (χ2v) is 8.44. The van der Waals surface area contributed by atoms with Gasteiger partial charge in [0.05, 0.1) is 0 Å². The zero-order chi connectivity index (χ0) is 21.8. The number of benzene rings is 3. The molecule has 0 aliphatic carbocycles. The first-order valence-electron chi connectivity index (χ1n) is 10.4. The van der Waals surface area contributed by atoms with Crippen molar-refractivity contribution in [3.8, 4) is 11.4 Å². The average molecular weight is 449 g/mol. The summed E-state index contributed by atoms with van der Waals surface area (Å²) in [6.07, 6.45) is 2.29. The molecule has 1 aliphatic rings. The topological polar surface area (TPSA) is 72.5 Å². The van der Waals surface area contributed by atoms with Crippen molar-refractivity contribution < 1.29 is 13.7 Å². The number of hydrogen-bond acceptors (Lipinski definition) is 7. The van der Waals surface area contributed by atoms with E-state index >= 15 is 0 Å². The van der Waals surface area contributed by atoms with Crippen LogP contribution in [0.3, 0.4) is 0 Å². The van der Waals surface area contributed by atoms with E-state index in [4.69, 9.17) is 9.26 Å². The molecule has 1 N–H and O–H groups in total. The van der Waals surface area contributed by atoms with Gasteiger partial charge in [0.2, 0.25) is 17.9 Å². The molecule has 0 spiro atoms. The lowest BCUT2D eigenvalue weighted by Crippen LogP contribution is -2.12. The lowest BCUT2D eigenvalue weighted by Gasteiger charge is -2.13. The largest absolute Gasteiger partial charge is 0.442 e. The Hall–Kier alpha value is -3.39. The molecule has 1 aromatic heterocycles. The summed E-state index contributed by atoms with van der Waals surface area (Å²) >= 11 is 1.59. The van der Waals surface area contributed by atoms with Gasteiger partial charge in [0, 0.05) is 23.3 Å². The molecule has 162 valence electrons. The summed E-state index contributed by atoms with van der Waals surface area (Å²) in [5.41, 5.74) is 4.91. The molecular formula is C24H21FN4O2S. The van der Waals surface area contributed by atoms with Crippen molar-refractivity contribution in [1.82, 2.24) is 15.6 Å². The van der Waals surface area contributed by atoms with Gasteiger partial charge in [-0.1, -0.05) is 59.4 Å². The number of hydrogen-bond donors (Lipinski definition) is 1. The van der Waals surface area contributed by atoms with Crippen LogP contribution in [0.2, 0.25) is 0 Å². The Balaban J connectivity index is 1.07. The standard InChI is InChI=1S/C24H21FN4O2S/c25-18-13-11-17(12-14-18)22-26-21(31-29-22)10-3-4-15-32-24-28-27-23(30-24)20-9-5-7-16-6-1-2-8-19(16)20/h1-2,5-9,11-14,23,27H,3-4,10,15H2. The molecular weight excluding hydrogens is 427 g/mol. The zero-order valence-electron chi connectivity index (χ0n) is 17.2. The number of nitrogens with one attached hydrogen (secondary N) is 1. The van der Waals surface area contributed by atoms with Gasteiger partial charge in [0.1, 0.15) is 5.82 Å². The SMILES string of the molecule is Fc1ccc(-c2noc(CCCCSC3=NNC(c4cccc5ccccc45)O3)n2)cc1. The predicted octanol–water partition coefficient (Wildman–Crippen LogP) is 5.67. The summed E-state index contributed by atoms with van der Waals surface area (Å²) in [6.45, 7) is 0. The van der Waals surface area contributed by atoms with Gasteiger partial charge in [0.25, 0.3) is 5.23 Å². The van der Waals surface area contributed by atoms with E-state index in [1.807, 2.05) is 18.2 Å². The van der Waals surface area contributed by atoms with Gasteiger partial charge in [-0.25, -0.2) is 4.39 Å². The third-order valence-corrected chi connectivity index (χ3v) is 6.11. The first-order chi connectivity index (χ1) is 15.8. The Kier molecular flexibility index (Phi) is 6.02.